The molecule has 186 valence electrons. The molecule has 3 aromatic heterocycles. The summed E-state index contributed by atoms with van der Waals surface area (Å²) in [4.78, 5) is 29.0. The van der Waals surface area contributed by atoms with Crippen molar-refractivity contribution >= 4 is 55.6 Å². The molecule has 1 atom stereocenters. The monoisotopic (exact) mass is 503 g/mol. The van der Waals surface area contributed by atoms with Crippen LogP contribution in [0.2, 0.25) is 0 Å². The van der Waals surface area contributed by atoms with E-state index in [4.69, 9.17) is 0 Å². The number of urea groups is 1. The molecule has 0 radical (unpaired) electrons. The maximum absolute atomic E-state index is 12.6. The quantitative estimate of drug-likeness (QED) is 0.319. The number of nitrogens with one attached hydrogen (secondary N) is 3. The second-order valence-corrected chi connectivity index (χ2v) is 10.3. The Hall–Kier alpha value is -3.47. The summed E-state index contributed by atoms with van der Waals surface area (Å²) in [6.45, 7) is 4.20. The van der Waals surface area contributed by atoms with Gasteiger partial charge < -0.3 is 25.6 Å². The van der Waals surface area contributed by atoms with Gasteiger partial charge in [0.1, 0.15) is 5.65 Å². The van der Waals surface area contributed by atoms with Crippen molar-refractivity contribution in [1.29, 1.82) is 0 Å². The standard InChI is InChI=1S/C26H29N7O2S/c34-19-6-9-32(15-19)12-8-28-26(35)33-10-4-17(5-11-33)23-14-20-21(3-7-27-25(20)31-23)30-18-1-2-22-24(13-18)36-16-29-22/h1-4,7,13-14,16,19,34H,5-6,8-12,15H2,(H,28,35)(H2,27,30,31). The molecule has 0 aliphatic carbocycles. The fraction of sp³-hybridized carbons (Fsp3) is 0.346. The van der Waals surface area contributed by atoms with Crippen LogP contribution in [0, 0.1) is 0 Å². The van der Waals surface area contributed by atoms with Crippen LogP contribution in [0.3, 0.4) is 0 Å². The Morgan fingerprint density at radius 3 is 3.00 bits per heavy atom. The maximum Gasteiger partial charge on any atom is 0.317 e. The molecule has 0 bridgehead atoms. The lowest BCUT2D eigenvalue weighted by Gasteiger charge is -2.27. The minimum atomic E-state index is -0.230. The van der Waals surface area contributed by atoms with Crippen molar-refractivity contribution in [3.8, 4) is 0 Å². The highest BCUT2D eigenvalue weighted by atomic mass is 32.1. The number of rotatable bonds is 6. The third kappa shape index (κ3) is 4.79. The normalized spacial score (nSPS) is 18.6. The van der Waals surface area contributed by atoms with Crippen LogP contribution in [0.25, 0.3) is 26.8 Å². The molecule has 4 N–H and O–H groups in total. The SMILES string of the molecule is O=C(NCCN1CCC(O)C1)N1CC=C(c2cc3c(Nc4ccc5ncsc5c4)ccnc3[nH]2)CC1. The minimum Gasteiger partial charge on any atom is -0.392 e. The van der Waals surface area contributed by atoms with Gasteiger partial charge in [-0.1, -0.05) is 6.08 Å². The van der Waals surface area contributed by atoms with Crippen molar-refractivity contribution in [3.63, 3.8) is 0 Å². The number of H-pyrrole nitrogens is 1. The van der Waals surface area contributed by atoms with Gasteiger partial charge in [0.25, 0.3) is 0 Å². The average Bonchev–Trinajstić information content (AvgIpc) is 3.64. The lowest BCUT2D eigenvalue weighted by Crippen LogP contribution is -2.44. The Kier molecular flexibility index (Phi) is 6.30. The highest BCUT2D eigenvalue weighted by Crippen LogP contribution is 2.31. The van der Waals surface area contributed by atoms with E-state index in [9.17, 15) is 9.90 Å². The Labute approximate surface area is 212 Å². The predicted octanol–water partition coefficient (Wildman–Crippen LogP) is 3.78. The lowest BCUT2D eigenvalue weighted by atomic mass is 10.0. The second-order valence-electron chi connectivity index (χ2n) is 9.36. The number of aliphatic hydroxyl groups is 1. The third-order valence-electron chi connectivity index (χ3n) is 6.94. The zero-order chi connectivity index (χ0) is 24.5. The summed E-state index contributed by atoms with van der Waals surface area (Å²) >= 11 is 1.63. The number of nitrogens with zero attached hydrogens (tertiary/aromatic N) is 4. The Morgan fingerprint density at radius 1 is 1.22 bits per heavy atom. The molecule has 6 rings (SSSR count). The number of hydrogen-bond donors (Lipinski definition) is 4. The number of aliphatic hydroxyl groups excluding tert-OH is 1. The fourth-order valence-electron chi connectivity index (χ4n) is 4.94. The minimum absolute atomic E-state index is 0.0345. The van der Waals surface area contributed by atoms with Gasteiger partial charge in [-0.05, 0) is 48.7 Å². The second kappa shape index (κ2) is 9.88. The van der Waals surface area contributed by atoms with E-state index in [0.29, 0.717) is 26.2 Å². The number of amides is 2. The van der Waals surface area contributed by atoms with Gasteiger partial charge in [-0.2, -0.15) is 0 Å². The summed E-state index contributed by atoms with van der Waals surface area (Å²) in [5, 5.41) is 17.2. The van der Waals surface area contributed by atoms with Crippen LogP contribution in [-0.4, -0.2) is 81.3 Å². The molecule has 2 aliphatic heterocycles. The van der Waals surface area contributed by atoms with Crippen molar-refractivity contribution in [3.05, 3.63) is 53.8 Å². The Bertz CT molecular complexity index is 1430. The molecule has 4 aromatic rings. The van der Waals surface area contributed by atoms with Crippen LogP contribution < -0.4 is 10.6 Å². The van der Waals surface area contributed by atoms with Crippen molar-refractivity contribution < 1.29 is 9.90 Å². The number of thiazole rings is 1. The van der Waals surface area contributed by atoms with Gasteiger partial charge in [0.2, 0.25) is 0 Å². The zero-order valence-corrected chi connectivity index (χ0v) is 20.7. The number of hydrogen-bond acceptors (Lipinski definition) is 7. The predicted molar refractivity (Wildman–Crippen MR) is 144 cm³/mol. The summed E-state index contributed by atoms with van der Waals surface area (Å²) in [5.74, 6) is 0. The molecule has 0 saturated carbocycles. The molecule has 1 aromatic carbocycles. The van der Waals surface area contributed by atoms with Crippen LogP contribution in [0.15, 0.2) is 48.1 Å². The van der Waals surface area contributed by atoms with Gasteiger partial charge in [-0.3, -0.25) is 4.90 Å². The van der Waals surface area contributed by atoms with Gasteiger partial charge in [-0.25, -0.2) is 14.8 Å². The van der Waals surface area contributed by atoms with Crippen LogP contribution in [-0.2, 0) is 0 Å². The van der Waals surface area contributed by atoms with Crippen molar-refractivity contribution in [2.24, 2.45) is 0 Å². The van der Waals surface area contributed by atoms with E-state index < -0.39 is 0 Å². The maximum atomic E-state index is 12.6. The molecule has 1 fully saturated rings. The first kappa shape index (κ1) is 23.0. The fourth-order valence-corrected chi connectivity index (χ4v) is 5.66. The number of aromatic amines is 1. The van der Waals surface area contributed by atoms with E-state index in [2.05, 4.69) is 48.7 Å². The summed E-state index contributed by atoms with van der Waals surface area (Å²) in [6.07, 6.45) is 5.29. The van der Waals surface area contributed by atoms with Crippen molar-refractivity contribution in [2.75, 3.05) is 44.6 Å². The number of benzene rings is 1. The smallest absolute Gasteiger partial charge is 0.317 e. The topological polar surface area (TPSA) is 109 Å². The van der Waals surface area contributed by atoms with Crippen LogP contribution >= 0.6 is 11.3 Å². The van der Waals surface area contributed by atoms with E-state index >= 15 is 0 Å². The number of likely N-dealkylation sites (tertiary alicyclic amines) is 1. The van der Waals surface area contributed by atoms with Gasteiger partial charge in [0.15, 0.2) is 0 Å². The number of carbonyl (C=O) groups excluding carboxylic acids is 1. The summed E-state index contributed by atoms with van der Waals surface area (Å²) in [5.41, 5.74) is 7.95. The number of fused-ring (bicyclic) bond motifs is 2. The molecule has 1 saturated heterocycles. The molecule has 10 heteroatoms. The van der Waals surface area contributed by atoms with Gasteiger partial charge in [-0.15, -0.1) is 11.3 Å². The summed E-state index contributed by atoms with van der Waals surface area (Å²) in [7, 11) is 0. The number of pyridine rings is 1. The highest BCUT2D eigenvalue weighted by Gasteiger charge is 2.22. The van der Waals surface area contributed by atoms with Crippen LogP contribution in [0.5, 0.6) is 0 Å². The first-order valence-electron chi connectivity index (χ1n) is 12.3. The van der Waals surface area contributed by atoms with E-state index in [-0.39, 0.29) is 12.1 Å². The van der Waals surface area contributed by atoms with Gasteiger partial charge in [0, 0.05) is 62.2 Å². The molecule has 2 amide bonds. The molecule has 36 heavy (non-hydrogen) atoms. The first-order chi connectivity index (χ1) is 17.6. The zero-order valence-electron chi connectivity index (χ0n) is 19.9. The van der Waals surface area contributed by atoms with E-state index in [0.717, 1.165) is 64.2 Å². The molecule has 2 aliphatic rings. The lowest BCUT2D eigenvalue weighted by molar-refractivity contribution is 0.175. The van der Waals surface area contributed by atoms with Gasteiger partial charge >= 0.3 is 6.03 Å². The molecule has 5 heterocycles. The molecule has 9 nitrogen and oxygen atoms in total. The largest absolute Gasteiger partial charge is 0.392 e. The number of anilines is 2. The molecule has 0 spiro atoms. The van der Waals surface area contributed by atoms with Crippen molar-refractivity contribution in [1.82, 2.24) is 30.1 Å². The van der Waals surface area contributed by atoms with E-state index in [1.165, 1.54) is 5.57 Å². The third-order valence-corrected chi connectivity index (χ3v) is 7.73. The van der Waals surface area contributed by atoms with Crippen molar-refractivity contribution in [2.45, 2.75) is 18.9 Å². The highest BCUT2D eigenvalue weighted by molar-refractivity contribution is 7.16. The molecule has 1 unspecified atom stereocenters. The van der Waals surface area contributed by atoms with Gasteiger partial charge in [0.05, 0.1) is 27.5 Å². The summed E-state index contributed by atoms with van der Waals surface area (Å²) in [6, 6.07) is 10.3. The molecular weight excluding hydrogens is 474 g/mol. The summed E-state index contributed by atoms with van der Waals surface area (Å²) < 4.78 is 1.15. The number of aromatic nitrogens is 3. The Morgan fingerprint density at radius 2 is 2.17 bits per heavy atom. The first-order valence-corrected chi connectivity index (χ1v) is 13.2. The van der Waals surface area contributed by atoms with Crippen LogP contribution in [0.4, 0.5) is 16.2 Å². The van der Waals surface area contributed by atoms with E-state index in [1.54, 1.807) is 17.5 Å². The Balaban J connectivity index is 1.10. The molecular formula is C26H29N7O2S. The number of β-amino-alcohol motifs (C(OH)–C–C–N with tert-alkyl or cyclic N) is 1. The van der Waals surface area contributed by atoms with Crippen LogP contribution in [0.1, 0.15) is 18.5 Å². The number of carbonyl (C=O) groups is 1. The van der Waals surface area contributed by atoms with E-state index in [1.807, 2.05) is 28.6 Å². The average molecular weight is 504 g/mol.